The van der Waals surface area contributed by atoms with Gasteiger partial charge in [-0.25, -0.2) is 8.42 Å². The predicted octanol–water partition coefficient (Wildman–Crippen LogP) is 7.36. The van der Waals surface area contributed by atoms with Crippen LogP contribution in [0, 0.1) is 5.92 Å². The van der Waals surface area contributed by atoms with E-state index in [1.807, 2.05) is 68.4 Å². The zero-order valence-corrected chi connectivity index (χ0v) is 28.8. The predicted molar refractivity (Wildman–Crippen MR) is 184 cm³/mol. The number of benzene rings is 4. The lowest BCUT2D eigenvalue weighted by molar-refractivity contribution is -0.140. The van der Waals surface area contributed by atoms with E-state index in [1.165, 1.54) is 35.2 Å². The maximum Gasteiger partial charge on any atom is 0.264 e. The molecular weight excluding hydrogens is 697 g/mol. The van der Waals surface area contributed by atoms with Crippen molar-refractivity contribution < 1.29 is 18.0 Å². The Labute approximate surface area is 283 Å². The van der Waals surface area contributed by atoms with E-state index in [2.05, 4.69) is 21.2 Å². The van der Waals surface area contributed by atoms with Crippen LogP contribution in [-0.4, -0.2) is 44.3 Å². The zero-order chi connectivity index (χ0) is 32.6. The molecule has 7 nitrogen and oxygen atoms in total. The van der Waals surface area contributed by atoms with E-state index in [4.69, 9.17) is 23.2 Å². The first-order valence-electron chi connectivity index (χ1n) is 14.3. The molecule has 4 rings (SSSR count). The van der Waals surface area contributed by atoms with Crippen molar-refractivity contribution in [2.24, 2.45) is 5.92 Å². The van der Waals surface area contributed by atoms with Gasteiger partial charge in [-0.05, 0) is 71.6 Å². The molecule has 0 spiro atoms. The fourth-order valence-corrected chi connectivity index (χ4v) is 6.64. The van der Waals surface area contributed by atoms with Crippen molar-refractivity contribution >= 4 is 66.7 Å². The number of hydrogen-bond donors (Lipinski definition) is 1. The van der Waals surface area contributed by atoms with Crippen molar-refractivity contribution in [3.05, 3.63) is 129 Å². The molecule has 0 saturated carbocycles. The van der Waals surface area contributed by atoms with Crippen LogP contribution >= 0.6 is 39.1 Å². The van der Waals surface area contributed by atoms with E-state index in [0.29, 0.717) is 16.6 Å². The summed E-state index contributed by atoms with van der Waals surface area (Å²) in [6.45, 7) is 3.89. The highest BCUT2D eigenvalue weighted by Crippen LogP contribution is 2.28. The number of hydrogen-bond acceptors (Lipinski definition) is 4. The molecule has 4 aromatic carbocycles. The first kappa shape index (κ1) is 34.5. The van der Waals surface area contributed by atoms with E-state index in [1.54, 1.807) is 18.2 Å². The van der Waals surface area contributed by atoms with Gasteiger partial charge in [-0.1, -0.05) is 102 Å². The van der Waals surface area contributed by atoms with Crippen LogP contribution in [0.4, 0.5) is 5.69 Å². The average Bonchev–Trinajstić information content (AvgIpc) is 3.01. The summed E-state index contributed by atoms with van der Waals surface area (Å²) in [7, 11) is -4.26. The number of halogens is 3. The van der Waals surface area contributed by atoms with Crippen molar-refractivity contribution in [3.8, 4) is 0 Å². The van der Waals surface area contributed by atoms with E-state index >= 15 is 0 Å². The topological polar surface area (TPSA) is 86.8 Å². The van der Waals surface area contributed by atoms with Crippen molar-refractivity contribution in [3.63, 3.8) is 0 Å². The van der Waals surface area contributed by atoms with Gasteiger partial charge in [-0.15, -0.1) is 0 Å². The minimum absolute atomic E-state index is 0.0466. The second kappa shape index (κ2) is 15.8. The van der Waals surface area contributed by atoms with Crippen molar-refractivity contribution in [1.82, 2.24) is 10.2 Å². The smallest absolute Gasteiger partial charge is 0.264 e. The first-order chi connectivity index (χ1) is 21.4. The Balaban J connectivity index is 1.79. The number of carbonyl (C=O) groups is 2. The molecule has 0 unspecified atom stereocenters. The summed E-state index contributed by atoms with van der Waals surface area (Å²) >= 11 is 15.8. The van der Waals surface area contributed by atoms with Crippen LogP contribution in [0.3, 0.4) is 0 Å². The molecule has 0 bridgehead atoms. The number of nitrogens with one attached hydrogen (secondary N) is 1. The third-order valence-electron chi connectivity index (χ3n) is 7.00. The molecule has 0 radical (unpaired) electrons. The number of amides is 2. The van der Waals surface area contributed by atoms with Crippen LogP contribution in [0.5, 0.6) is 0 Å². The van der Waals surface area contributed by atoms with Gasteiger partial charge >= 0.3 is 0 Å². The molecular formula is C34H34BrCl2N3O4S. The lowest BCUT2D eigenvalue weighted by atomic mass is 10.0. The third kappa shape index (κ3) is 9.56. The van der Waals surface area contributed by atoms with Gasteiger partial charge in [0.05, 0.1) is 10.6 Å². The van der Waals surface area contributed by atoms with Gasteiger partial charge in [0.25, 0.3) is 10.0 Å². The fraction of sp³-hybridized carbons (Fsp3) is 0.235. The second-order valence-corrected chi connectivity index (χ2v) is 14.6. The first-order valence-corrected chi connectivity index (χ1v) is 17.3. The Bertz CT molecular complexity index is 1700. The number of rotatable bonds is 13. The number of anilines is 1. The van der Waals surface area contributed by atoms with Gasteiger partial charge in [0, 0.05) is 34.0 Å². The molecule has 45 heavy (non-hydrogen) atoms. The van der Waals surface area contributed by atoms with Gasteiger partial charge in [0.15, 0.2) is 0 Å². The normalized spacial score (nSPS) is 12.0. The fourth-order valence-electron chi connectivity index (χ4n) is 4.66. The van der Waals surface area contributed by atoms with E-state index < -0.39 is 28.5 Å². The Hall–Kier alpha value is -3.37. The Kier molecular flexibility index (Phi) is 12.1. The molecule has 0 heterocycles. The van der Waals surface area contributed by atoms with Crippen LogP contribution in [0.25, 0.3) is 0 Å². The molecule has 0 aliphatic heterocycles. The highest BCUT2D eigenvalue weighted by Gasteiger charge is 2.34. The molecule has 0 aromatic heterocycles. The quantitative estimate of drug-likeness (QED) is 0.156. The molecule has 2 amide bonds. The van der Waals surface area contributed by atoms with Gasteiger partial charge in [0.1, 0.15) is 12.6 Å². The molecule has 11 heteroatoms. The molecule has 236 valence electrons. The third-order valence-corrected chi connectivity index (χ3v) is 9.80. The number of carbonyl (C=O) groups excluding carboxylic acids is 2. The maximum atomic E-state index is 14.5. The summed E-state index contributed by atoms with van der Waals surface area (Å²) in [5.41, 5.74) is 1.84. The van der Waals surface area contributed by atoms with Crippen LogP contribution in [-0.2, 0) is 32.6 Å². The van der Waals surface area contributed by atoms with Crippen LogP contribution in [0.15, 0.2) is 112 Å². The second-order valence-electron chi connectivity index (χ2n) is 10.9. The van der Waals surface area contributed by atoms with E-state index in [0.717, 1.165) is 19.9 Å². The lowest BCUT2D eigenvalue weighted by Gasteiger charge is -2.34. The standard InChI is InChI=1S/C34H34BrCl2N3O4S/c1-24(2)21-38-34(42)32(19-25-7-4-3-5-8-25)39(22-26-11-13-27(35)14-12-26)33(41)23-40(30-10-6-9-29(37)20-30)45(43,44)31-17-15-28(36)16-18-31/h3-18,20,24,32H,19,21-23H2,1-2H3,(H,38,42)/t32-/m1/s1. The Morgan fingerprint density at radius 2 is 1.49 bits per heavy atom. The SMILES string of the molecule is CC(C)CNC(=O)[C@@H](Cc1ccccc1)N(Cc1ccc(Br)cc1)C(=O)CN(c1cccc(Cl)c1)S(=O)(=O)c1ccc(Cl)cc1. The molecule has 0 aliphatic rings. The Morgan fingerprint density at radius 3 is 2.11 bits per heavy atom. The molecule has 1 atom stereocenters. The highest BCUT2D eigenvalue weighted by molar-refractivity contribution is 9.10. The molecule has 4 aromatic rings. The minimum Gasteiger partial charge on any atom is -0.354 e. The average molecular weight is 732 g/mol. The van der Waals surface area contributed by atoms with Crippen LogP contribution in [0.1, 0.15) is 25.0 Å². The van der Waals surface area contributed by atoms with Crippen molar-refractivity contribution in [2.45, 2.75) is 37.8 Å². The maximum absolute atomic E-state index is 14.5. The number of nitrogens with zero attached hydrogens (tertiary/aromatic N) is 2. The van der Waals surface area contributed by atoms with Crippen molar-refractivity contribution in [1.29, 1.82) is 0 Å². The van der Waals surface area contributed by atoms with Crippen LogP contribution in [0.2, 0.25) is 10.0 Å². The summed E-state index contributed by atoms with van der Waals surface area (Å²) < 4.78 is 30.0. The van der Waals surface area contributed by atoms with Gasteiger partial charge in [-0.3, -0.25) is 13.9 Å². The largest absolute Gasteiger partial charge is 0.354 e. The van der Waals surface area contributed by atoms with E-state index in [9.17, 15) is 18.0 Å². The van der Waals surface area contributed by atoms with Gasteiger partial charge in [0.2, 0.25) is 11.8 Å². The van der Waals surface area contributed by atoms with E-state index in [-0.39, 0.29) is 35.4 Å². The Morgan fingerprint density at radius 1 is 0.822 bits per heavy atom. The number of sulfonamides is 1. The zero-order valence-electron chi connectivity index (χ0n) is 24.9. The van der Waals surface area contributed by atoms with Gasteiger partial charge < -0.3 is 10.2 Å². The van der Waals surface area contributed by atoms with Gasteiger partial charge in [-0.2, -0.15) is 0 Å². The molecule has 0 fully saturated rings. The molecule has 0 aliphatic carbocycles. The summed E-state index contributed by atoms with van der Waals surface area (Å²) in [4.78, 5) is 29.7. The van der Waals surface area contributed by atoms with Crippen LogP contribution < -0.4 is 9.62 Å². The lowest BCUT2D eigenvalue weighted by Crippen LogP contribution is -2.53. The molecule has 1 N–H and O–H groups in total. The van der Waals surface area contributed by atoms with Crippen molar-refractivity contribution in [2.75, 3.05) is 17.4 Å². The highest BCUT2D eigenvalue weighted by atomic mass is 79.9. The summed E-state index contributed by atoms with van der Waals surface area (Å²) in [6.07, 6.45) is 0.230. The summed E-state index contributed by atoms with van der Waals surface area (Å²) in [6, 6.07) is 27.9. The minimum atomic E-state index is -4.26. The summed E-state index contributed by atoms with van der Waals surface area (Å²) in [5.74, 6) is -0.700. The summed E-state index contributed by atoms with van der Waals surface area (Å²) in [5, 5.41) is 3.66. The monoisotopic (exact) mass is 729 g/mol. The molecule has 0 saturated heterocycles.